The number of anilines is 1. The van der Waals surface area contributed by atoms with E-state index in [1.165, 1.54) is 6.08 Å². The average Bonchev–Trinajstić information content (AvgIpc) is 2.67. The van der Waals surface area contributed by atoms with Crippen LogP contribution in [0.15, 0.2) is 54.1 Å². The Hall–Kier alpha value is -3.59. The molecule has 27 heavy (non-hydrogen) atoms. The minimum absolute atomic E-state index is 0.173. The van der Waals surface area contributed by atoms with E-state index in [0.29, 0.717) is 23.6 Å². The number of benzene rings is 2. The molecule has 0 saturated carbocycles. The minimum Gasteiger partial charge on any atom is -0.494 e. The lowest BCUT2D eigenvalue weighted by Gasteiger charge is -2.07. The van der Waals surface area contributed by atoms with E-state index in [4.69, 9.17) is 14.7 Å². The predicted molar refractivity (Wildman–Crippen MR) is 102 cm³/mol. The second-order valence-corrected chi connectivity index (χ2v) is 5.66. The normalized spacial score (nSPS) is 10.6. The number of aryl methyl sites for hydroxylation is 1. The summed E-state index contributed by atoms with van der Waals surface area (Å²) in [4.78, 5) is 23.9. The topological polar surface area (TPSA) is 88.4 Å². The summed E-state index contributed by atoms with van der Waals surface area (Å²) in [5, 5.41) is 11.8. The van der Waals surface area contributed by atoms with Gasteiger partial charge in [0.1, 0.15) is 17.4 Å². The summed E-state index contributed by atoms with van der Waals surface area (Å²) < 4.78 is 10.2. The summed E-state index contributed by atoms with van der Waals surface area (Å²) >= 11 is 0. The van der Waals surface area contributed by atoms with E-state index in [0.717, 1.165) is 5.56 Å². The minimum atomic E-state index is -0.847. The molecule has 0 bridgehead atoms. The number of hydrogen-bond donors (Lipinski definition) is 1. The van der Waals surface area contributed by atoms with Gasteiger partial charge in [-0.05, 0) is 49.8 Å². The van der Waals surface area contributed by atoms with Crippen LogP contribution in [-0.4, -0.2) is 25.1 Å². The number of nitrogens with one attached hydrogen (secondary N) is 1. The molecule has 138 valence electrons. The van der Waals surface area contributed by atoms with Gasteiger partial charge in [0, 0.05) is 5.69 Å². The zero-order chi connectivity index (χ0) is 19.6. The number of nitrogens with zero attached hydrogens (tertiary/aromatic N) is 1. The fourth-order valence-electron chi connectivity index (χ4n) is 2.17. The molecule has 0 atom stereocenters. The van der Waals surface area contributed by atoms with Crippen molar-refractivity contribution in [2.24, 2.45) is 0 Å². The Morgan fingerprint density at radius 3 is 2.37 bits per heavy atom. The van der Waals surface area contributed by atoms with Crippen molar-refractivity contribution in [1.29, 1.82) is 5.26 Å². The van der Waals surface area contributed by atoms with Crippen molar-refractivity contribution in [3.63, 3.8) is 0 Å². The van der Waals surface area contributed by atoms with Crippen LogP contribution in [0.1, 0.15) is 18.1 Å². The van der Waals surface area contributed by atoms with Crippen LogP contribution >= 0.6 is 0 Å². The van der Waals surface area contributed by atoms with Gasteiger partial charge in [0.15, 0.2) is 6.61 Å². The van der Waals surface area contributed by atoms with Crippen molar-refractivity contribution >= 4 is 23.6 Å². The Bertz CT molecular complexity index is 863. The van der Waals surface area contributed by atoms with E-state index in [2.05, 4.69) is 5.32 Å². The van der Waals surface area contributed by atoms with E-state index in [-0.39, 0.29) is 5.57 Å². The third kappa shape index (κ3) is 6.33. The summed E-state index contributed by atoms with van der Waals surface area (Å²) in [5.41, 5.74) is 2.15. The van der Waals surface area contributed by atoms with E-state index < -0.39 is 18.5 Å². The number of ether oxygens (including phenoxy) is 2. The Balaban J connectivity index is 1.90. The van der Waals surface area contributed by atoms with Crippen LogP contribution in [0.4, 0.5) is 5.69 Å². The van der Waals surface area contributed by atoms with Crippen molar-refractivity contribution in [3.8, 4) is 11.8 Å². The summed E-state index contributed by atoms with van der Waals surface area (Å²) in [5.74, 6) is -0.651. The molecule has 0 aliphatic carbocycles. The summed E-state index contributed by atoms with van der Waals surface area (Å²) in [6, 6.07) is 15.9. The molecule has 0 spiro atoms. The fourth-order valence-corrected chi connectivity index (χ4v) is 2.17. The van der Waals surface area contributed by atoms with Crippen molar-refractivity contribution < 1.29 is 19.1 Å². The van der Waals surface area contributed by atoms with Crippen molar-refractivity contribution in [2.75, 3.05) is 18.5 Å². The highest BCUT2D eigenvalue weighted by Gasteiger charge is 2.13. The third-order valence-electron chi connectivity index (χ3n) is 3.51. The van der Waals surface area contributed by atoms with Crippen LogP contribution in [0.2, 0.25) is 0 Å². The molecule has 6 heteroatoms. The Morgan fingerprint density at radius 2 is 1.78 bits per heavy atom. The lowest BCUT2D eigenvalue weighted by atomic mass is 10.1. The lowest BCUT2D eigenvalue weighted by Crippen LogP contribution is -2.21. The van der Waals surface area contributed by atoms with Gasteiger partial charge in [-0.15, -0.1) is 0 Å². The maximum atomic E-state index is 12.0. The first-order chi connectivity index (χ1) is 13.0. The lowest BCUT2D eigenvalue weighted by molar-refractivity contribution is -0.142. The van der Waals surface area contributed by atoms with Crippen LogP contribution in [0.3, 0.4) is 0 Å². The molecule has 0 saturated heterocycles. The van der Waals surface area contributed by atoms with Crippen LogP contribution in [0.5, 0.6) is 5.75 Å². The van der Waals surface area contributed by atoms with Gasteiger partial charge in [0.05, 0.1) is 6.61 Å². The van der Waals surface area contributed by atoms with Crippen LogP contribution in [0.25, 0.3) is 6.08 Å². The van der Waals surface area contributed by atoms with Gasteiger partial charge in [-0.1, -0.05) is 29.8 Å². The van der Waals surface area contributed by atoms with Crippen molar-refractivity contribution in [1.82, 2.24) is 0 Å². The van der Waals surface area contributed by atoms with Gasteiger partial charge in [-0.2, -0.15) is 5.26 Å². The number of amides is 1. The average molecular weight is 364 g/mol. The predicted octanol–water partition coefficient (Wildman–Crippen LogP) is 3.48. The van der Waals surface area contributed by atoms with Gasteiger partial charge in [0.25, 0.3) is 5.91 Å². The molecule has 0 heterocycles. The maximum Gasteiger partial charge on any atom is 0.349 e. The molecule has 2 rings (SSSR count). The van der Waals surface area contributed by atoms with Crippen LogP contribution < -0.4 is 10.1 Å². The van der Waals surface area contributed by atoms with Gasteiger partial charge >= 0.3 is 5.97 Å². The highest BCUT2D eigenvalue weighted by molar-refractivity contribution is 6.00. The highest BCUT2D eigenvalue weighted by atomic mass is 16.5. The molecule has 1 amide bonds. The first kappa shape index (κ1) is 19.7. The van der Waals surface area contributed by atoms with Crippen molar-refractivity contribution in [3.05, 3.63) is 65.2 Å². The molecule has 6 nitrogen and oxygen atoms in total. The van der Waals surface area contributed by atoms with E-state index in [1.54, 1.807) is 42.5 Å². The van der Waals surface area contributed by atoms with E-state index in [1.807, 2.05) is 26.0 Å². The second kappa shape index (κ2) is 9.78. The molecule has 2 aromatic rings. The quantitative estimate of drug-likeness (QED) is 0.462. The summed E-state index contributed by atoms with van der Waals surface area (Å²) in [6.07, 6.45) is 1.42. The molecule has 0 aliphatic heterocycles. The molecule has 0 radical (unpaired) electrons. The Labute approximate surface area is 158 Å². The number of rotatable bonds is 7. The maximum absolute atomic E-state index is 12.0. The number of esters is 1. The fraction of sp³-hybridized carbons (Fsp3) is 0.190. The Morgan fingerprint density at radius 1 is 1.11 bits per heavy atom. The molecular weight excluding hydrogens is 344 g/mol. The number of hydrogen-bond acceptors (Lipinski definition) is 5. The van der Waals surface area contributed by atoms with Gasteiger partial charge < -0.3 is 14.8 Å². The van der Waals surface area contributed by atoms with Crippen molar-refractivity contribution in [2.45, 2.75) is 13.8 Å². The number of carbonyl (C=O) groups excluding carboxylic acids is 2. The molecule has 0 aromatic heterocycles. The molecule has 0 fully saturated rings. The highest BCUT2D eigenvalue weighted by Crippen LogP contribution is 2.15. The van der Waals surface area contributed by atoms with Crippen LogP contribution in [0, 0.1) is 18.3 Å². The SMILES string of the molecule is CCOc1ccc(NC(=O)COC(=O)/C(C#N)=C/c2ccc(C)cc2)cc1. The monoisotopic (exact) mass is 364 g/mol. The van der Waals surface area contributed by atoms with E-state index in [9.17, 15) is 9.59 Å². The zero-order valence-electron chi connectivity index (χ0n) is 15.2. The molecule has 1 N–H and O–H groups in total. The number of carbonyl (C=O) groups is 2. The van der Waals surface area contributed by atoms with Gasteiger partial charge in [0.2, 0.25) is 0 Å². The number of nitriles is 1. The van der Waals surface area contributed by atoms with Gasteiger partial charge in [-0.25, -0.2) is 4.79 Å². The standard InChI is InChI=1S/C21H20N2O4/c1-3-26-19-10-8-18(9-11-19)23-20(24)14-27-21(25)17(13-22)12-16-6-4-15(2)5-7-16/h4-12H,3,14H2,1-2H3,(H,23,24)/b17-12+. The van der Waals surface area contributed by atoms with E-state index >= 15 is 0 Å². The first-order valence-electron chi connectivity index (χ1n) is 8.40. The van der Waals surface area contributed by atoms with Crippen LogP contribution in [-0.2, 0) is 14.3 Å². The molecule has 2 aromatic carbocycles. The third-order valence-corrected chi connectivity index (χ3v) is 3.51. The molecular formula is C21H20N2O4. The van der Waals surface area contributed by atoms with Gasteiger partial charge in [-0.3, -0.25) is 4.79 Å². The Kier molecular flexibility index (Phi) is 7.15. The second-order valence-electron chi connectivity index (χ2n) is 5.66. The smallest absolute Gasteiger partial charge is 0.349 e. The molecule has 0 unspecified atom stereocenters. The largest absolute Gasteiger partial charge is 0.494 e. The first-order valence-corrected chi connectivity index (χ1v) is 8.40. The molecule has 0 aliphatic rings. The zero-order valence-corrected chi connectivity index (χ0v) is 15.2. The summed E-state index contributed by atoms with van der Waals surface area (Å²) in [7, 11) is 0. The summed E-state index contributed by atoms with van der Waals surface area (Å²) in [6.45, 7) is 3.89.